The van der Waals surface area contributed by atoms with Crippen LogP contribution in [-0.2, 0) is 0 Å². The summed E-state index contributed by atoms with van der Waals surface area (Å²) >= 11 is 0. The van der Waals surface area contributed by atoms with Gasteiger partial charge < -0.3 is 15.8 Å². The molecule has 3 heteroatoms. The lowest BCUT2D eigenvalue weighted by molar-refractivity contribution is 0.331. The second-order valence-corrected chi connectivity index (χ2v) is 5.30. The minimum absolute atomic E-state index is 0.0738. The van der Waals surface area contributed by atoms with E-state index in [9.17, 15) is 0 Å². The molecule has 0 aliphatic carbocycles. The molecule has 1 heterocycles. The number of aryl methyl sites for hydroxylation is 1. The molecule has 2 rings (SSSR count). The fourth-order valence-corrected chi connectivity index (χ4v) is 2.75. The average molecular weight is 248 g/mol. The van der Waals surface area contributed by atoms with Crippen LogP contribution in [-0.4, -0.2) is 20.2 Å². The SMILES string of the molecule is COc1ccc(C)cc1C(N)CC1CCCNC1. The molecule has 1 aliphatic rings. The molecule has 3 nitrogen and oxygen atoms in total. The first kappa shape index (κ1) is 13.4. The number of nitrogens with one attached hydrogen (secondary N) is 1. The molecule has 18 heavy (non-hydrogen) atoms. The molecular formula is C15H24N2O. The van der Waals surface area contributed by atoms with Crippen molar-refractivity contribution >= 4 is 0 Å². The fraction of sp³-hybridized carbons (Fsp3) is 0.600. The number of hydrogen-bond acceptors (Lipinski definition) is 3. The van der Waals surface area contributed by atoms with Crippen LogP contribution in [0.15, 0.2) is 18.2 Å². The zero-order valence-electron chi connectivity index (χ0n) is 11.4. The highest BCUT2D eigenvalue weighted by molar-refractivity contribution is 5.39. The second kappa shape index (κ2) is 6.21. The van der Waals surface area contributed by atoms with Crippen molar-refractivity contribution in [3.63, 3.8) is 0 Å². The standard InChI is InChI=1S/C15H24N2O/c1-11-5-6-15(18-2)13(8-11)14(16)9-12-4-3-7-17-10-12/h5-6,8,12,14,17H,3-4,7,9-10,16H2,1-2H3. The van der Waals surface area contributed by atoms with Gasteiger partial charge in [-0.3, -0.25) is 0 Å². The Balaban J connectivity index is 2.07. The Bertz CT molecular complexity index is 386. The Morgan fingerprint density at radius 1 is 1.50 bits per heavy atom. The smallest absolute Gasteiger partial charge is 0.123 e. The molecule has 2 atom stereocenters. The van der Waals surface area contributed by atoms with E-state index in [0.717, 1.165) is 30.8 Å². The van der Waals surface area contributed by atoms with Gasteiger partial charge in [0.05, 0.1) is 7.11 Å². The molecule has 0 bridgehead atoms. The molecule has 0 aromatic heterocycles. The molecular weight excluding hydrogens is 224 g/mol. The Morgan fingerprint density at radius 3 is 3.00 bits per heavy atom. The summed E-state index contributed by atoms with van der Waals surface area (Å²) < 4.78 is 5.42. The van der Waals surface area contributed by atoms with E-state index in [2.05, 4.69) is 24.4 Å². The van der Waals surface area contributed by atoms with Crippen LogP contribution in [0.5, 0.6) is 5.75 Å². The normalized spacial score (nSPS) is 21.6. The number of hydrogen-bond donors (Lipinski definition) is 2. The first-order chi connectivity index (χ1) is 8.70. The van der Waals surface area contributed by atoms with E-state index >= 15 is 0 Å². The van der Waals surface area contributed by atoms with Crippen LogP contribution in [0.25, 0.3) is 0 Å². The molecule has 1 saturated heterocycles. The topological polar surface area (TPSA) is 47.3 Å². The predicted octanol–water partition coefficient (Wildman–Crippen LogP) is 2.39. The summed E-state index contributed by atoms with van der Waals surface area (Å²) in [6.45, 7) is 4.35. The highest BCUT2D eigenvalue weighted by Gasteiger charge is 2.19. The summed E-state index contributed by atoms with van der Waals surface area (Å²) in [5.41, 5.74) is 8.74. The monoisotopic (exact) mass is 248 g/mol. The Kier molecular flexibility index (Phi) is 4.61. The van der Waals surface area contributed by atoms with Crippen molar-refractivity contribution in [1.82, 2.24) is 5.32 Å². The van der Waals surface area contributed by atoms with Crippen LogP contribution in [0.3, 0.4) is 0 Å². The van der Waals surface area contributed by atoms with Crippen LogP contribution in [0.4, 0.5) is 0 Å². The van der Waals surface area contributed by atoms with Crippen molar-refractivity contribution in [1.29, 1.82) is 0 Å². The average Bonchev–Trinajstić information content (AvgIpc) is 2.40. The molecule has 1 aromatic rings. The van der Waals surface area contributed by atoms with E-state index in [0.29, 0.717) is 5.92 Å². The van der Waals surface area contributed by atoms with Crippen LogP contribution >= 0.6 is 0 Å². The minimum atomic E-state index is 0.0738. The summed E-state index contributed by atoms with van der Waals surface area (Å²) in [6, 6.07) is 6.31. The Morgan fingerprint density at radius 2 is 2.33 bits per heavy atom. The maximum atomic E-state index is 6.36. The molecule has 1 aliphatic heterocycles. The summed E-state index contributed by atoms with van der Waals surface area (Å²) in [7, 11) is 1.71. The number of rotatable bonds is 4. The number of benzene rings is 1. The lowest BCUT2D eigenvalue weighted by Gasteiger charge is -2.26. The lowest BCUT2D eigenvalue weighted by Crippen LogP contribution is -2.31. The maximum absolute atomic E-state index is 6.36. The van der Waals surface area contributed by atoms with E-state index in [-0.39, 0.29) is 6.04 Å². The quantitative estimate of drug-likeness (QED) is 0.860. The van der Waals surface area contributed by atoms with Crippen LogP contribution in [0.2, 0.25) is 0 Å². The van der Waals surface area contributed by atoms with E-state index in [1.807, 2.05) is 6.07 Å². The lowest BCUT2D eigenvalue weighted by atomic mass is 9.89. The summed E-state index contributed by atoms with van der Waals surface area (Å²) in [5.74, 6) is 1.61. The van der Waals surface area contributed by atoms with Gasteiger partial charge >= 0.3 is 0 Å². The van der Waals surface area contributed by atoms with Crippen LogP contribution in [0.1, 0.15) is 36.4 Å². The van der Waals surface area contributed by atoms with Crippen molar-refractivity contribution in [2.24, 2.45) is 11.7 Å². The summed E-state index contributed by atoms with van der Waals surface area (Å²) in [4.78, 5) is 0. The van der Waals surface area contributed by atoms with E-state index in [1.54, 1.807) is 7.11 Å². The van der Waals surface area contributed by atoms with Gasteiger partial charge in [-0.1, -0.05) is 17.7 Å². The van der Waals surface area contributed by atoms with Gasteiger partial charge in [-0.25, -0.2) is 0 Å². The molecule has 100 valence electrons. The van der Waals surface area contributed by atoms with Crippen LogP contribution in [0, 0.1) is 12.8 Å². The van der Waals surface area contributed by atoms with Crippen LogP contribution < -0.4 is 15.8 Å². The number of nitrogens with two attached hydrogens (primary N) is 1. The second-order valence-electron chi connectivity index (χ2n) is 5.30. The number of piperidine rings is 1. The van der Waals surface area contributed by atoms with Gasteiger partial charge in [0.1, 0.15) is 5.75 Å². The maximum Gasteiger partial charge on any atom is 0.123 e. The van der Waals surface area contributed by atoms with E-state index in [1.165, 1.54) is 18.4 Å². The van der Waals surface area contributed by atoms with Crippen molar-refractivity contribution < 1.29 is 4.74 Å². The van der Waals surface area contributed by atoms with E-state index in [4.69, 9.17) is 10.5 Å². The predicted molar refractivity (Wildman–Crippen MR) is 74.9 cm³/mol. The first-order valence-electron chi connectivity index (χ1n) is 6.81. The Labute approximate surface area is 110 Å². The minimum Gasteiger partial charge on any atom is -0.496 e. The molecule has 0 saturated carbocycles. The summed E-state index contributed by atoms with van der Waals surface area (Å²) in [5, 5.41) is 3.44. The van der Waals surface area contributed by atoms with Gasteiger partial charge in [-0.2, -0.15) is 0 Å². The molecule has 1 aromatic carbocycles. The van der Waals surface area contributed by atoms with Crippen molar-refractivity contribution in [3.8, 4) is 5.75 Å². The van der Waals surface area contributed by atoms with Gasteiger partial charge in [0.15, 0.2) is 0 Å². The first-order valence-corrected chi connectivity index (χ1v) is 6.81. The van der Waals surface area contributed by atoms with Crippen molar-refractivity contribution in [3.05, 3.63) is 29.3 Å². The fourth-order valence-electron chi connectivity index (χ4n) is 2.75. The van der Waals surface area contributed by atoms with Gasteiger partial charge in [-0.05, 0) is 51.3 Å². The van der Waals surface area contributed by atoms with Gasteiger partial charge in [0, 0.05) is 11.6 Å². The van der Waals surface area contributed by atoms with Gasteiger partial charge in [-0.15, -0.1) is 0 Å². The van der Waals surface area contributed by atoms with Gasteiger partial charge in [0.2, 0.25) is 0 Å². The third-order valence-electron chi connectivity index (χ3n) is 3.77. The molecule has 0 spiro atoms. The molecule has 3 N–H and O–H groups in total. The van der Waals surface area contributed by atoms with Crippen molar-refractivity contribution in [2.75, 3.05) is 20.2 Å². The molecule has 0 radical (unpaired) electrons. The third kappa shape index (κ3) is 3.24. The number of methoxy groups -OCH3 is 1. The molecule has 1 fully saturated rings. The Hall–Kier alpha value is -1.06. The van der Waals surface area contributed by atoms with Gasteiger partial charge in [0.25, 0.3) is 0 Å². The zero-order chi connectivity index (χ0) is 13.0. The molecule has 2 unspecified atom stereocenters. The third-order valence-corrected chi connectivity index (χ3v) is 3.77. The van der Waals surface area contributed by atoms with Crippen molar-refractivity contribution in [2.45, 2.75) is 32.2 Å². The largest absolute Gasteiger partial charge is 0.496 e. The van der Waals surface area contributed by atoms with E-state index < -0.39 is 0 Å². The number of ether oxygens (including phenoxy) is 1. The highest BCUT2D eigenvalue weighted by Crippen LogP contribution is 2.30. The zero-order valence-corrected chi connectivity index (χ0v) is 11.4. The highest BCUT2D eigenvalue weighted by atomic mass is 16.5. The molecule has 0 amide bonds. The summed E-state index contributed by atoms with van der Waals surface area (Å²) in [6.07, 6.45) is 3.59.